The topological polar surface area (TPSA) is 9.23 Å². The summed E-state index contributed by atoms with van der Waals surface area (Å²) in [4.78, 5) is 0. The summed E-state index contributed by atoms with van der Waals surface area (Å²) in [5.41, 5.74) is 0.566. The third-order valence-electron chi connectivity index (χ3n) is 1.74. The first kappa shape index (κ1) is 12.9. The number of halogens is 3. The summed E-state index contributed by atoms with van der Waals surface area (Å²) < 4.78 is 19.4. The predicted octanol–water partition coefficient (Wildman–Crippen LogP) is 4.06. The first-order chi connectivity index (χ1) is 7.24. The summed E-state index contributed by atoms with van der Waals surface area (Å²) in [6.45, 7) is 0.787. The van der Waals surface area contributed by atoms with E-state index in [0.29, 0.717) is 12.2 Å². The van der Waals surface area contributed by atoms with Gasteiger partial charge < -0.3 is 4.74 Å². The van der Waals surface area contributed by atoms with Gasteiger partial charge >= 0.3 is 0 Å². The van der Waals surface area contributed by atoms with E-state index in [1.54, 1.807) is 12.1 Å². The Hall–Kier alpha value is -0.190. The van der Waals surface area contributed by atoms with Gasteiger partial charge in [-0.3, -0.25) is 0 Å². The van der Waals surface area contributed by atoms with Gasteiger partial charge in [0.05, 0.1) is 13.2 Å². The highest BCUT2D eigenvalue weighted by Gasteiger charge is 2.01. The van der Waals surface area contributed by atoms with Crippen LogP contribution in [-0.2, 0) is 11.3 Å². The Kier molecular flexibility index (Phi) is 6.13. The molecule has 0 saturated carbocycles. The standard InChI is InChI=1S/C11H11Br2FO/c12-5-1-2-6-15-8-9-7-10(13)3-4-11(9)14/h1-4,7H,5-6,8H2/b2-1-. The van der Waals surface area contributed by atoms with Crippen LogP contribution in [0.25, 0.3) is 0 Å². The van der Waals surface area contributed by atoms with E-state index >= 15 is 0 Å². The van der Waals surface area contributed by atoms with Gasteiger partial charge in [-0.1, -0.05) is 44.0 Å². The average molecular weight is 338 g/mol. The molecule has 0 atom stereocenters. The average Bonchev–Trinajstić information content (AvgIpc) is 2.23. The van der Waals surface area contributed by atoms with Crippen molar-refractivity contribution in [2.75, 3.05) is 11.9 Å². The van der Waals surface area contributed by atoms with Crippen molar-refractivity contribution in [3.05, 3.63) is 46.2 Å². The Morgan fingerprint density at radius 2 is 2.13 bits per heavy atom. The summed E-state index contributed by atoms with van der Waals surface area (Å²) in [6.07, 6.45) is 3.84. The molecule has 0 spiro atoms. The van der Waals surface area contributed by atoms with Crippen LogP contribution in [-0.4, -0.2) is 11.9 Å². The van der Waals surface area contributed by atoms with Gasteiger partial charge in [-0.25, -0.2) is 4.39 Å². The molecule has 0 aliphatic rings. The maximum Gasteiger partial charge on any atom is 0.128 e. The Bertz CT molecular complexity index is 339. The molecule has 0 radical (unpaired) electrons. The Morgan fingerprint density at radius 3 is 2.87 bits per heavy atom. The van der Waals surface area contributed by atoms with Crippen molar-refractivity contribution >= 4 is 31.9 Å². The SMILES string of the molecule is Fc1ccc(Br)cc1COC/C=C\CBr. The zero-order chi connectivity index (χ0) is 11.1. The molecule has 82 valence electrons. The third kappa shape index (κ3) is 4.91. The molecule has 0 N–H and O–H groups in total. The number of allylic oxidation sites excluding steroid dienone is 1. The monoisotopic (exact) mass is 336 g/mol. The molecule has 0 saturated heterocycles. The molecule has 1 nitrogen and oxygen atoms in total. The lowest BCUT2D eigenvalue weighted by atomic mass is 10.2. The van der Waals surface area contributed by atoms with Crippen LogP contribution in [0.5, 0.6) is 0 Å². The van der Waals surface area contributed by atoms with Gasteiger partial charge in [0.2, 0.25) is 0 Å². The fourth-order valence-electron chi connectivity index (χ4n) is 1.02. The quantitative estimate of drug-likeness (QED) is 0.447. The molecular weight excluding hydrogens is 327 g/mol. The van der Waals surface area contributed by atoms with Crippen LogP contribution in [0, 0.1) is 5.82 Å². The van der Waals surface area contributed by atoms with Crippen LogP contribution in [0.1, 0.15) is 5.56 Å². The molecule has 1 rings (SSSR count). The lowest BCUT2D eigenvalue weighted by molar-refractivity contribution is 0.146. The summed E-state index contributed by atoms with van der Waals surface area (Å²) in [5, 5.41) is 0.807. The number of rotatable bonds is 5. The second-order valence-corrected chi connectivity index (χ2v) is 4.44. The van der Waals surface area contributed by atoms with E-state index in [9.17, 15) is 4.39 Å². The zero-order valence-corrected chi connectivity index (χ0v) is 11.2. The van der Waals surface area contributed by atoms with Crippen LogP contribution in [0.4, 0.5) is 4.39 Å². The summed E-state index contributed by atoms with van der Waals surface area (Å²) in [5.74, 6) is -0.234. The first-order valence-electron chi connectivity index (χ1n) is 4.46. The normalized spacial score (nSPS) is 11.1. The van der Waals surface area contributed by atoms with Gasteiger partial charge in [0.15, 0.2) is 0 Å². The molecule has 4 heteroatoms. The largest absolute Gasteiger partial charge is 0.373 e. The fraction of sp³-hybridized carbons (Fsp3) is 0.273. The van der Waals surface area contributed by atoms with Crippen molar-refractivity contribution in [1.29, 1.82) is 0 Å². The molecule has 0 amide bonds. The van der Waals surface area contributed by atoms with E-state index in [2.05, 4.69) is 31.9 Å². The van der Waals surface area contributed by atoms with Crippen LogP contribution in [0.15, 0.2) is 34.8 Å². The minimum Gasteiger partial charge on any atom is -0.373 e. The van der Waals surface area contributed by atoms with Gasteiger partial charge in [0, 0.05) is 15.4 Å². The van der Waals surface area contributed by atoms with Crippen molar-refractivity contribution in [3.63, 3.8) is 0 Å². The molecule has 0 aromatic heterocycles. The van der Waals surface area contributed by atoms with Crippen molar-refractivity contribution in [2.45, 2.75) is 6.61 Å². The third-order valence-corrected chi connectivity index (χ3v) is 2.60. The van der Waals surface area contributed by atoms with E-state index < -0.39 is 0 Å². The molecule has 0 heterocycles. The number of benzene rings is 1. The highest BCUT2D eigenvalue weighted by molar-refractivity contribution is 9.10. The lowest BCUT2D eigenvalue weighted by Crippen LogP contribution is -1.96. The molecular formula is C11H11Br2FO. The van der Waals surface area contributed by atoms with Crippen LogP contribution < -0.4 is 0 Å². The van der Waals surface area contributed by atoms with Crippen molar-refractivity contribution < 1.29 is 9.13 Å². The van der Waals surface area contributed by atoms with Gasteiger partial charge in [-0.2, -0.15) is 0 Å². The van der Waals surface area contributed by atoms with Crippen LogP contribution in [0.2, 0.25) is 0 Å². The second kappa shape index (κ2) is 7.14. The number of hydrogen-bond acceptors (Lipinski definition) is 1. The van der Waals surface area contributed by atoms with Gasteiger partial charge in [0.25, 0.3) is 0 Å². The minimum absolute atomic E-state index is 0.234. The molecule has 0 bridgehead atoms. The summed E-state index contributed by atoms with van der Waals surface area (Å²) >= 11 is 6.55. The second-order valence-electron chi connectivity index (χ2n) is 2.88. The molecule has 0 aliphatic carbocycles. The smallest absolute Gasteiger partial charge is 0.128 e. The van der Waals surface area contributed by atoms with E-state index in [0.717, 1.165) is 9.80 Å². The molecule has 0 unspecified atom stereocenters. The first-order valence-corrected chi connectivity index (χ1v) is 6.38. The van der Waals surface area contributed by atoms with E-state index in [-0.39, 0.29) is 12.4 Å². The number of alkyl halides is 1. The van der Waals surface area contributed by atoms with Crippen LogP contribution in [0.3, 0.4) is 0 Å². The zero-order valence-electron chi connectivity index (χ0n) is 8.05. The fourth-order valence-corrected chi connectivity index (χ4v) is 1.69. The van der Waals surface area contributed by atoms with E-state index in [1.165, 1.54) is 6.07 Å². The molecule has 15 heavy (non-hydrogen) atoms. The highest BCUT2D eigenvalue weighted by Crippen LogP contribution is 2.16. The van der Waals surface area contributed by atoms with E-state index in [1.807, 2.05) is 12.2 Å². The van der Waals surface area contributed by atoms with Crippen molar-refractivity contribution in [1.82, 2.24) is 0 Å². The summed E-state index contributed by atoms with van der Waals surface area (Å²) in [6, 6.07) is 4.82. The maximum atomic E-state index is 13.2. The molecule has 1 aromatic rings. The van der Waals surface area contributed by atoms with E-state index in [4.69, 9.17) is 4.74 Å². The predicted molar refractivity (Wildman–Crippen MR) is 66.7 cm³/mol. The Morgan fingerprint density at radius 1 is 1.33 bits per heavy atom. The minimum atomic E-state index is -0.234. The van der Waals surface area contributed by atoms with Crippen LogP contribution >= 0.6 is 31.9 Å². The maximum absolute atomic E-state index is 13.2. The molecule has 0 aliphatic heterocycles. The van der Waals surface area contributed by atoms with Gasteiger partial charge in [-0.15, -0.1) is 0 Å². The lowest BCUT2D eigenvalue weighted by Gasteiger charge is -2.03. The summed E-state index contributed by atoms with van der Waals surface area (Å²) in [7, 11) is 0. The Labute approximate surface area is 106 Å². The Balaban J connectivity index is 2.43. The molecule has 0 fully saturated rings. The van der Waals surface area contributed by atoms with Gasteiger partial charge in [0.1, 0.15) is 5.82 Å². The number of ether oxygens (including phenoxy) is 1. The van der Waals surface area contributed by atoms with Crippen molar-refractivity contribution in [3.8, 4) is 0 Å². The van der Waals surface area contributed by atoms with Crippen molar-refractivity contribution in [2.24, 2.45) is 0 Å². The van der Waals surface area contributed by atoms with Gasteiger partial charge in [-0.05, 0) is 18.2 Å². The molecule has 1 aromatic carbocycles. The highest BCUT2D eigenvalue weighted by atomic mass is 79.9. The number of hydrogen-bond donors (Lipinski definition) is 0.